The minimum absolute atomic E-state index is 0. The summed E-state index contributed by atoms with van der Waals surface area (Å²) < 4.78 is 0. The van der Waals surface area contributed by atoms with Gasteiger partial charge in [0.1, 0.15) is 0 Å². The monoisotopic (exact) mass is 535 g/mol. The number of amides is 1. The van der Waals surface area contributed by atoms with Gasteiger partial charge in [0.2, 0.25) is 5.91 Å². The molecule has 0 atom stereocenters. The van der Waals surface area contributed by atoms with E-state index in [9.17, 15) is 4.79 Å². The summed E-state index contributed by atoms with van der Waals surface area (Å²) in [5.41, 5.74) is 8.21. The fourth-order valence-electron chi connectivity index (χ4n) is 3.62. The summed E-state index contributed by atoms with van der Waals surface area (Å²) in [7, 11) is 0. The van der Waals surface area contributed by atoms with E-state index in [1.54, 1.807) is 13.8 Å². The summed E-state index contributed by atoms with van der Waals surface area (Å²) in [5, 5.41) is 17.7. The Morgan fingerprint density at radius 2 is 1.92 bits per heavy atom. The molecule has 1 fully saturated rings. The van der Waals surface area contributed by atoms with Crippen molar-refractivity contribution >= 4 is 34.5 Å². The first kappa shape index (κ1) is 34.1. The van der Waals surface area contributed by atoms with Crippen molar-refractivity contribution in [1.82, 2.24) is 14.8 Å². The number of piperazine rings is 1. The zero-order chi connectivity index (χ0) is 26.6. The van der Waals surface area contributed by atoms with Crippen molar-refractivity contribution < 1.29 is 66.4 Å². The second kappa shape index (κ2) is 17.6. The number of aliphatic hydroxyl groups is 2. The topological polar surface area (TPSA) is 115 Å². The number of nitrogens with zero attached hydrogens (tertiary/aromatic N) is 4. The van der Waals surface area contributed by atoms with Crippen LogP contribution >= 0.6 is 0 Å². The fourth-order valence-corrected chi connectivity index (χ4v) is 3.62. The van der Waals surface area contributed by atoms with Crippen molar-refractivity contribution in [3.63, 3.8) is 0 Å². The van der Waals surface area contributed by atoms with Gasteiger partial charge in [-0.1, -0.05) is 44.7 Å². The number of hydrogen-bond acceptors (Lipinski definition) is 7. The summed E-state index contributed by atoms with van der Waals surface area (Å²) in [6, 6.07) is 9.55. The molecule has 1 amide bonds. The minimum Gasteiger partial charge on any atom is -0.472 e. The molecule has 4 N–H and O–H groups in total. The molecule has 1 saturated heterocycles. The average molecular weight is 536 g/mol. The molecule has 1 aromatic heterocycles. The number of benzene rings is 1. The van der Waals surface area contributed by atoms with Crippen LogP contribution < -0.4 is 57.1 Å². The Labute approximate surface area is 265 Å². The normalized spacial score (nSPS) is 14.4. The zero-order valence-electron chi connectivity index (χ0n) is 23.1. The van der Waals surface area contributed by atoms with Crippen molar-refractivity contribution in [3.05, 3.63) is 36.8 Å². The molecule has 0 spiro atoms. The standard InChI is InChI=1S/C23H31N5O.C5H11O2.K/c1-3-4-5-10-25-22-17-20-9-8-19(16-21(20)26-23(22)24)7-6-11-27-12-14-28(15-13-27)18(2)29;1-5(2,3-6)4-7;/h8-9,16H,3-7,11-15H2,1-2H3,(H2,24,26);6-7H,1,3-4H2,2H3;/q-2;-1;+1. The molecule has 0 aliphatic carbocycles. The number of aromatic nitrogens is 1. The number of fused-ring (bicyclic) bond motifs is 1. The molecule has 200 valence electrons. The van der Waals surface area contributed by atoms with Gasteiger partial charge in [-0.3, -0.25) is 9.69 Å². The smallest absolute Gasteiger partial charge is 0.472 e. The number of nitrogen functional groups attached to an aromatic ring is 1. The Morgan fingerprint density at radius 1 is 1.24 bits per heavy atom. The van der Waals surface area contributed by atoms with Gasteiger partial charge in [-0.25, -0.2) is 6.07 Å². The SMILES string of the molecule is CCCC[C-]=Nc1[c-]c2ccc(CCCN3CCN(C(C)=O)CC3)cc2nc1N.[CH2-]C(C)(CO)CO.[K+]. The third-order valence-corrected chi connectivity index (χ3v) is 6.15. The van der Waals surface area contributed by atoms with Crippen LogP contribution in [-0.4, -0.2) is 83.1 Å². The van der Waals surface area contributed by atoms with Crippen LogP contribution in [0.1, 0.15) is 52.0 Å². The number of carbonyl (C=O) groups excluding carboxylic acids is 1. The minimum atomic E-state index is -0.556. The van der Waals surface area contributed by atoms with E-state index >= 15 is 0 Å². The fraction of sp³-hybridized carbons (Fsp3) is 0.571. The van der Waals surface area contributed by atoms with E-state index in [1.807, 2.05) is 11.0 Å². The van der Waals surface area contributed by atoms with E-state index in [2.05, 4.69) is 53.1 Å². The Kier molecular flexibility index (Phi) is 16.3. The summed E-state index contributed by atoms with van der Waals surface area (Å²) in [6.07, 6.45) is 8.13. The number of aliphatic hydroxyl groups excluding tert-OH is 2. The van der Waals surface area contributed by atoms with E-state index in [0.29, 0.717) is 11.5 Å². The molecule has 0 saturated carbocycles. The molecule has 0 unspecified atom stereocenters. The number of aliphatic imine (C=N–C) groups is 1. The second-order valence-electron chi connectivity index (χ2n) is 9.77. The summed E-state index contributed by atoms with van der Waals surface area (Å²) >= 11 is 0. The van der Waals surface area contributed by atoms with Crippen LogP contribution in [0.4, 0.5) is 11.5 Å². The third kappa shape index (κ3) is 12.2. The molecule has 2 heterocycles. The van der Waals surface area contributed by atoms with Gasteiger partial charge in [-0.15, -0.1) is 28.6 Å². The first-order chi connectivity index (χ1) is 17.2. The molecular weight excluding hydrogens is 493 g/mol. The molecule has 0 radical (unpaired) electrons. The largest absolute Gasteiger partial charge is 1.00 e. The molecule has 1 aliphatic heterocycles. The molecule has 1 aliphatic rings. The van der Waals surface area contributed by atoms with Crippen molar-refractivity contribution in [2.24, 2.45) is 10.4 Å². The average Bonchev–Trinajstić information content (AvgIpc) is 2.87. The van der Waals surface area contributed by atoms with Gasteiger partial charge in [0, 0.05) is 46.3 Å². The maximum absolute atomic E-state index is 11.4. The van der Waals surface area contributed by atoms with Crippen LogP contribution in [0.5, 0.6) is 0 Å². The first-order valence-corrected chi connectivity index (χ1v) is 12.8. The van der Waals surface area contributed by atoms with Crippen molar-refractivity contribution in [3.8, 4) is 0 Å². The van der Waals surface area contributed by atoms with Gasteiger partial charge in [0.25, 0.3) is 0 Å². The molecule has 0 bridgehead atoms. The van der Waals surface area contributed by atoms with Gasteiger partial charge in [-0.2, -0.15) is 6.21 Å². The molecule has 8 nitrogen and oxygen atoms in total. The molecule has 9 heteroatoms. The van der Waals surface area contributed by atoms with Crippen molar-refractivity contribution in [1.29, 1.82) is 0 Å². The predicted molar refractivity (Wildman–Crippen MR) is 146 cm³/mol. The van der Waals surface area contributed by atoms with Gasteiger partial charge >= 0.3 is 51.4 Å². The van der Waals surface area contributed by atoms with Crippen molar-refractivity contribution in [2.45, 2.75) is 52.9 Å². The van der Waals surface area contributed by atoms with Gasteiger partial charge < -0.3 is 37.7 Å². The molecule has 3 rings (SSSR count). The van der Waals surface area contributed by atoms with Crippen molar-refractivity contribution in [2.75, 3.05) is 51.7 Å². The number of anilines is 1. The van der Waals surface area contributed by atoms with Crippen LogP contribution in [0, 0.1) is 18.4 Å². The Bertz CT molecular complexity index is 985. The van der Waals surface area contributed by atoms with Crippen LogP contribution in [0.15, 0.2) is 23.2 Å². The van der Waals surface area contributed by atoms with Gasteiger partial charge in [0.15, 0.2) is 0 Å². The molecular formula is C28H42KN5O3-2. The second-order valence-corrected chi connectivity index (χ2v) is 9.77. The number of pyridine rings is 1. The number of hydrogen-bond donors (Lipinski definition) is 3. The van der Waals surface area contributed by atoms with E-state index in [1.165, 1.54) is 5.56 Å². The Hall–Kier alpha value is -0.914. The Morgan fingerprint density at radius 3 is 2.49 bits per heavy atom. The first-order valence-electron chi connectivity index (χ1n) is 12.8. The van der Waals surface area contributed by atoms with E-state index < -0.39 is 5.41 Å². The number of carbonyl (C=O) groups is 1. The van der Waals surface area contributed by atoms with Crippen LogP contribution in [0.2, 0.25) is 0 Å². The number of rotatable bonds is 10. The number of unbranched alkanes of at least 4 members (excludes halogenated alkanes) is 2. The Balaban J connectivity index is 0.000000754. The maximum Gasteiger partial charge on any atom is 1.00 e. The quantitative estimate of drug-likeness (QED) is 0.174. The van der Waals surface area contributed by atoms with E-state index in [4.69, 9.17) is 15.9 Å². The van der Waals surface area contributed by atoms with Gasteiger partial charge in [-0.05, 0) is 30.7 Å². The van der Waals surface area contributed by atoms with E-state index in [0.717, 1.165) is 75.7 Å². The molecule has 1 aromatic carbocycles. The van der Waals surface area contributed by atoms with Gasteiger partial charge in [0.05, 0.1) is 0 Å². The zero-order valence-corrected chi connectivity index (χ0v) is 26.2. The van der Waals surface area contributed by atoms with Crippen LogP contribution in [0.3, 0.4) is 0 Å². The van der Waals surface area contributed by atoms with Crippen LogP contribution in [-0.2, 0) is 11.2 Å². The summed E-state index contributed by atoms with van der Waals surface area (Å²) in [4.78, 5) is 24.6. The number of nitrogens with two attached hydrogens (primary N) is 1. The molecule has 2 aromatic rings. The molecule has 37 heavy (non-hydrogen) atoms. The third-order valence-electron chi connectivity index (χ3n) is 6.15. The van der Waals surface area contributed by atoms with E-state index in [-0.39, 0.29) is 70.5 Å². The van der Waals surface area contributed by atoms with Crippen LogP contribution in [0.25, 0.3) is 10.9 Å². The summed E-state index contributed by atoms with van der Waals surface area (Å²) in [5.74, 6) is 0.582. The summed E-state index contributed by atoms with van der Waals surface area (Å²) in [6.45, 7) is 13.5. The maximum atomic E-state index is 11.4. The number of aryl methyl sites for hydroxylation is 1. The predicted octanol–water partition coefficient (Wildman–Crippen LogP) is 0.299.